The number of ether oxygens (including phenoxy) is 1. The molecule has 0 aliphatic heterocycles. The van der Waals surface area contributed by atoms with E-state index in [4.69, 9.17) is 0 Å². The second-order valence-corrected chi connectivity index (χ2v) is 2.75. The van der Waals surface area contributed by atoms with Crippen LogP contribution in [-0.2, 0) is 15.7 Å². The lowest BCUT2D eigenvalue weighted by Crippen LogP contribution is -2.16. The summed E-state index contributed by atoms with van der Waals surface area (Å²) < 4.78 is 17.8. The van der Waals surface area contributed by atoms with Gasteiger partial charge < -0.3 is 4.74 Å². The van der Waals surface area contributed by atoms with Crippen LogP contribution in [0.15, 0.2) is 0 Å². The fourth-order valence-corrected chi connectivity index (χ4v) is 0.783. The van der Waals surface area contributed by atoms with Gasteiger partial charge in [0.25, 0.3) is 0 Å². The van der Waals surface area contributed by atoms with E-state index in [9.17, 15) is 4.21 Å². The van der Waals surface area contributed by atoms with Gasteiger partial charge in [-0.3, -0.25) is 0 Å². The van der Waals surface area contributed by atoms with Crippen molar-refractivity contribution in [1.82, 2.24) is 4.72 Å². The van der Waals surface area contributed by atoms with Crippen molar-refractivity contribution in [2.45, 2.75) is 0 Å². The maximum absolute atomic E-state index is 10.5. The molecule has 0 saturated carbocycles. The van der Waals surface area contributed by atoms with Crippen molar-refractivity contribution < 1.29 is 8.95 Å². The molecule has 0 bridgehead atoms. The molecule has 0 aromatic carbocycles. The quantitative estimate of drug-likeness (QED) is 0.568. The standard InChI is InChI=1S/C4H11NO2S/c1-5-8(6)4-3-7-2/h5H,3-4H2,1-2H3. The summed E-state index contributed by atoms with van der Waals surface area (Å²) in [5.41, 5.74) is 0. The van der Waals surface area contributed by atoms with Crippen LogP contribution in [0, 0.1) is 0 Å². The number of methoxy groups -OCH3 is 1. The molecule has 0 radical (unpaired) electrons. The van der Waals surface area contributed by atoms with Crippen LogP contribution in [0.1, 0.15) is 0 Å². The zero-order valence-electron chi connectivity index (χ0n) is 5.14. The molecule has 50 valence electrons. The smallest absolute Gasteiger partial charge is 0.0936 e. The van der Waals surface area contributed by atoms with E-state index < -0.39 is 11.0 Å². The van der Waals surface area contributed by atoms with Gasteiger partial charge in [-0.05, 0) is 7.05 Å². The molecule has 0 saturated heterocycles. The fourth-order valence-electron chi connectivity index (χ4n) is 0.261. The third-order valence-corrected chi connectivity index (χ3v) is 1.69. The highest BCUT2D eigenvalue weighted by molar-refractivity contribution is 7.83. The third-order valence-electron chi connectivity index (χ3n) is 0.701. The van der Waals surface area contributed by atoms with E-state index in [0.717, 1.165) is 0 Å². The van der Waals surface area contributed by atoms with E-state index in [0.29, 0.717) is 12.4 Å². The van der Waals surface area contributed by atoms with E-state index in [1.165, 1.54) is 0 Å². The predicted molar refractivity (Wildman–Crippen MR) is 33.9 cm³/mol. The minimum Gasteiger partial charge on any atom is -0.384 e. The van der Waals surface area contributed by atoms with Crippen molar-refractivity contribution in [3.8, 4) is 0 Å². The molecule has 0 aromatic heterocycles. The molecule has 0 aromatic rings. The van der Waals surface area contributed by atoms with Crippen LogP contribution < -0.4 is 4.72 Å². The molecule has 4 heteroatoms. The Morgan fingerprint density at radius 3 is 2.75 bits per heavy atom. The van der Waals surface area contributed by atoms with E-state index in [1.807, 2.05) is 0 Å². The van der Waals surface area contributed by atoms with Crippen molar-refractivity contribution in [1.29, 1.82) is 0 Å². The SMILES string of the molecule is CNS(=O)CCOC. The Kier molecular flexibility index (Phi) is 5.26. The van der Waals surface area contributed by atoms with Gasteiger partial charge in [0.15, 0.2) is 0 Å². The number of hydrogen-bond acceptors (Lipinski definition) is 2. The van der Waals surface area contributed by atoms with Crippen molar-refractivity contribution in [3.05, 3.63) is 0 Å². The molecular formula is C4H11NO2S. The van der Waals surface area contributed by atoms with E-state index in [-0.39, 0.29) is 0 Å². The second-order valence-electron chi connectivity index (χ2n) is 1.25. The van der Waals surface area contributed by atoms with Gasteiger partial charge in [0.05, 0.1) is 23.3 Å². The van der Waals surface area contributed by atoms with Crippen LogP contribution in [0.4, 0.5) is 0 Å². The molecule has 0 aliphatic carbocycles. The first-order valence-corrected chi connectivity index (χ1v) is 3.68. The summed E-state index contributed by atoms with van der Waals surface area (Å²) in [7, 11) is 2.35. The highest BCUT2D eigenvalue weighted by atomic mass is 32.2. The first-order valence-electron chi connectivity index (χ1n) is 2.36. The van der Waals surface area contributed by atoms with Crippen LogP contribution in [-0.4, -0.2) is 30.7 Å². The number of nitrogens with one attached hydrogen (secondary N) is 1. The van der Waals surface area contributed by atoms with Gasteiger partial charge in [0.1, 0.15) is 0 Å². The monoisotopic (exact) mass is 137 g/mol. The van der Waals surface area contributed by atoms with Gasteiger partial charge in [-0.25, -0.2) is 8.93 Å². The topological polar surface area (TPSA) is 38.3 Å². The molecule has 3 nitrogen and oxygen atoms in total. The lowest BCUT2D eigenvalue weighted by atomic mass is 10.9. The Balaban J connectivity index is 2.99. The van der Waals surface area contributed by atoms with Crippen molar-refractivity contribution >= 4 is 11.0 Å². The molecule has 0 aliphatic rings. The Morgan fingerprint density at radius 1 is 1.75 bits per heavy atom. The summed E-state index contributed by atoms with van der Waals surface area (Å²) in [5.74, 6) is 0.562. The zero-order chi connectivity index (χ0) is 6.41. The molecule has 0 fully saturated rings. The molecule has 0 spiro atoms. The summed E-state index contributed by atoms with van der Waals surface area (Å²) in [6, 6.07) is 0. The molecule has 1 unspecified atom stereocenters. The van der Waals surface area contributed by atoms with Gasteiger partial charge >= 0.3 is 0 Å². The Hall–Kier alpha value is 0.0700. The average Bonchev–Trinajstić information content (AvgIpc) is 1.83. The predicted octanol–water partition coefficient (Wildman–Crippen LogP) is -0.484. The maximum atomic E-state index is 10.5. The van der Waals surface area contributed by atoms with Crippen LogP contribution in [0.3, 0.4) is 0 Å². The van der Waals surface area contributed by atoms with Gasteiger partial charge in [-0.15, -0.1) is 0 Å². The fraction of sp³-hybridized carbons (Fsp3) is 1.00. The zero-order valence-corrected chi connectivity index (χ0v) is 5.96. The molecular weight excluding hydrogens is 126 g/mol. The van der Waals surface area contributed by atoms with Crippen molar-refractivity contribution in [2.24, 2.45) is 0 Å². The first-order chi connectivity index (χ1) is 3.81. The summed E-state index contributed by atoms with van der Waals surface area (Å²) in [6.07, 6.45) is 0. The highest BCUT2D eigenvalue weighted by Gasteiger charge is 1.90. The van der Waals surface area contributed by atoms with E-state index in [1.54, 1.807) is 14.2 Å². The minimum atomic E-state index is -0.902. The lowest BCUT2D eigenvalue weighted by Gasteiger charge is -1.95. The van der Waals surface area contributed by atoms with Gasteiger partial charge in [0, 0.05) is 7.11 Å². The number of hydrogen-bond donors (Lipinski definition) is 1. The molecule has 0 amide bonds. The van der Waals surface area contributed by atoms with Gasteiger partial charge in [-0.2, -0.15) is 0 Å². The van der Waals surface area contributed by atoms with Crippen molar-refractivity contribution in [2.75, 3.05) is 26.5 Å². The molecule has 1 atom stereocenters. The van der Waals surface area contributed by atoms with Crippen molar-refractivity contribution in [3.63, 3.8) is 0 Å². The number of rotatable bonds is 4. The van der Waals surface area contributed by atoms with Crippen LogP contribution in [0.5, 0.6) is 0 Å². The minimum absolute atomic E-state index is 0.549. The Morgan fingerprint density at radius 2 is 2.38 bits per heavy atom. The van der Waals surface area contributed by atoms with E-state index in [2.05, 4.69) is 9.46 Å². The second kappa shape index (κ2) is 5.21. The molecule has 0 rings (SSSR count). The first kappa shape index (κ1) is 8.07. The largest absolute Gasteiger partial charge is 0.384 e. The summed E-state index contributed by atoms with van der Waals surface area (Å²) >= 11 is 0. The molecule has 0 heterocycles. The molecule has 1 N–H and O–H groups in total. The third kappa shape index (κ3) is 4.23. The van der Waals surface area contributed by atoms with Crippen LogP contribution >= 0.6 is 0 Å². The summed E-state index contributed by atoms with van der Waals surface area (Å²) in [4.78, 5) is 0. The summed E-state index contributed by atoms with van der Waals surface area (Å²) in [6.45, 7) is 0.549. The lowest BCUT2D eigenvalue weighted by molar-refractivity contribution is 0.218. The maximum Gasteiger partial charge on any atom is 0.0936 e. The average molecular weight is 137 g/mol. The Bertz CT molecular complexity index is 76.4. The van der Waals surface area contributed by atoms with E-state index >= 15 is 0 Å². The normalized spacial score (nSPS) is 13.8. The van der Waals surface area contributed by atoms with Crippen LogP contribution in [0.2, 0.25) is 0 Å². The molecule has 8 heavy (non-hydrogen) atoms. The summed E-state index contributed by atoms with van der Waals surface area (Å²) in [5, 5.41) is 0. The Labute approximate surface area is 52.0 Å². The van der Waals surface area contributed by atoms with Crippen LogP contribution in [0.25, 0.3) is 0 Å². The van der Waals surface area contributed by atoms with Gasteiger partial charge in [0.2, 0.25) is 0 Å². The highest BCUT2D eigenvalue weighted by Crippen LogP contribution is 1.72. The van der Waals surface area contributed by atoms with Gasteiger partial charge in [-0.1, -0.05) is 0 Å².